The molecule has 25 heavy (non-hydrogen) atoms. The van der Waals surface area contributed by atoms with Gasteiger partial charge in [0.15, 0.2) is 11.5 Å². The van der Waals surface area contributed by atoms with Gasteiger partial charge in [0.1, 0.15) is 11.5 Å². The number of rotatable bonds is 6. The lowest BCUT2D eigenvalue weighted by Crippen LogP contribution is -2.21. The summed E-state index contributed by atoms with van der Waals surface area (Å²) in [4.78, 5) is 12.0. The maximum Gasteiger partial charge on any atom is 0.244 e. The van der Waals surface area contributed by atoms with Crippen LogP contribution >= 0.6 is 0 Å². The first kappa shape index (κ1) is 18.1. The highest BCUT2D eigenvalue weighted by molar-refractivity contribution is 6.01. The van der Waals surface area contributed by atoms with Gasteiger partial charge in [0.05, 0.1) is 26.4 Å². The smallest absolute Gasteiger partial charge is 0.244 e. The van der Waals surface area contributed by atoms with E-state index in [0.717, 1.165) is 5.56 Å². The van der Waals surface area contributed by atoms with Gasteiger partial charge in [-0.3, -0.25) is 4.79 Å². The van der Waals surface area contributed by atoms with Crippen molar-refractivity contribution < 1.29 is 24.5 Å². The standard InChI is InChI=1S/C18H20N2O5/c1-11(14-6-5-13(21)10-15(14)22)19-20-18(23)9-12-4-7-16(24-2)17(8-12)25-3/h4-8,10,21-22H,9H2,1-3H3,(H,20,23). The normalized spacial score (nSPS) is 11.1. The van der Waals surface area contributed by atoms with Crippen LogP contribution in [0.2, 0.25) is 0 Å². The van der Waals surface area contributed by atoms with E-state index in [9.17, 15) is 15.0 Å². The van der Waals surface area contributed by atoms with Crippen LogP contribution in [-0.4, -0.2) is 36.1 Å². The van der Waals surface area contributed by atoms with Crippen molar-refractivity contribution >= 4 is 11.6 Å². The quantitative estimate of drug-likeness (QED) is 0.551. The van der Waals surface area contributed by atoms with Crippen LogP contribution in [0.15, 0.2) is 41.5 Å². The van der Waals surface area contributed by atoms with E-state index >= 15 is 0 Å². The van der Waals surface area contributed by atoms with Gasteiger partial charge >= 0.3 is 0 Å². The highest BCUT2D eigenvalue weighted by Gasteiger charge is 2.09. The van der Waals surface area contributed by atoms with Crippen LogP contribution in [0, 0.1) is 0 Å². The Labute approximate surface area is 145 Å². The minimum absolute atomic E-state index is 0.0495. The van der Waals surface area contributed by atoms with E-state index in [0.29, 0.717) is 22.8 Å². The molecule has 3 N–H and O–H groups in total. The molecule has 2 aromatic carbocycles. The molecule has 0 unspecified atom stereocenters. The number of carbonyl (C=O) groups excluding carboxylic acids is 1. The molecule has 2 aromatic rings. The van der Waals surface area contributed by atoms with Crippen LogP contribution in [0.5, 0.6) is 23.0 Å². The average Bonchev–Trinajstić information content (AvgIpc) is 2.59. The third-order valence-electron chi connectivity index (χ3n) is 3.53. The molecule has 0 aliphatic heterocycles. The van der Waals surface area contributed by atoms with Gasteiger partial charge in [-0.05, 0) is 36.8 Å². The zero-order chi connectivity index (χ0) is 18.4. The van der Waals surface area contributed by atoms with Gasteiger partial charge in [0, 0.05) is 11.6 Å². The molecule has 0 atom stereocenters. The van der Waals surface area contributed by atoms with Crippen LogP contribution in [0.1, 0.15) is 18.1 Å². The van der Waals surface area contributed by atoms with Crippen molar-refractivity contribution in [2.75, 3.05) is 14.2 Å². The van der Waals surface area contributed by atoms with Gasteiger partial charge in [-0.1, -0.05) is 6.07 Å². The topological polar surface area (TPSA) is 100 Å². The highest BCUT2D eigenvalue weighted by atomic mass is 16.5. The van der Waals surface area contributed by atoms with E-state index in [1.807, 2.05) is 0 Å². The molecule has 0 heterocycles. The van der Waals surface area contributed by atoms with E-state index in [4.69, 9.17) is 9.47 Å². The summed E-state index contributed by atoms with van der Waals surface area (Å²) in [6.45, 7) is 1.64. The molecular weight excluding hydrogens is 324 g/mol. The van der Waals surface area contributed by atoms with Crippen molar-refractivity contribution in [1.82, 2.24) is 5.43 Å². The predicted octanol–water partition coefficient (Wildman–Crippen LogP) is 2.20. The molecule has 132 valence electrons. The number of aromatic hydroxyl groups is 2. The molecule has 0 aliphatic rings. The van der Waals surface area contributed by atoms with Crippen molar-refractivity contribution in [2.24, 2.45) is 5.10 Å². The van der Waals surface area contributed by atoms with Gasteiger partial charge < -0.3 is 19.7 Å². The number of phenolic OH excluding ortho intramolecular Hbond substituents is 2. The number of hydrogen-bond acceptors (Lipinski definition) is 6. The Bertz CT molecular complexity index is 802. The highest BCUT2D eigenvalue weighted by Crippen LogP contribution is 2.27. The Morgan fingerprint density at radius 2 is 1.80 bits per heavy atom. The molecule has 0 aromatic heterocycles. The number of hydrogen-bond donors (Lipinski definition) is 3. The maximum absolute atomic E-state index is 12.0. The first-order valence-electron chi connectivity index (χ1n) is 7.51. The van der Waals surface area contributed by atoms with Crippen LogP contribution < -0.4 is 14.9 Å². The number of phenols is 2. The van der Waals surface area contributed by atoms with E-state index in [1.54, 1.807) is 32.2 Å². The number of hydrazone groups is 1. The van der Waals surface area contributed by atoms with Gasteiger partial charge in [-0.25, -0.2) is 5.43 Å². The zero-order valence-corrected chi connectivity index (χ0v) is 14.2. The second-order valence-corrected chi connectivity index (χ2v) is 5.30. The molecule has 0 bridgehead atoms. The second kappa shape index (κ2) is 8.05. The fourth-order valence-electron chi connectivity index (χ4n) is 2.25. The minimum Gasteiger partial charge on any atom is -0.508 e. The van der Waals surface area contributed by atoms with Crippen molar-refractivity contribution in [2.45, 2.75) is 13.3 Å². The summed E-state index contributed by atoms with van der Waals surface area (Å²) in [5.41, 5.74) is 4.02. The number of nitrogens with zero attached hydrogens (tertiary/aromatic N) is 1. The Hall–Kier alpha value is -3.22. The molecule has 0 fully saturated rings. The summed E-state index contributed by atoms with van der Waals surface area (Å²) in [7, 11) is 3.07. The Balaban J connectivity index is 2.04. The number of carbonyl (C=O) groups is 1. The molecule has 2 rings (SSSR count). The van der Waals surface area contributed by atoms with Crippen molar-refractivity contribution in [1.29, 1.82) is 0 Å². The fraction of sp³-hybridized carbons (Fsp3) is 0.222. The largest absolute Gasteiger partial charge is 0.508 e. The second-order valence-electron chi connectivity index (χ2n) is 5.30. The number of nitrogens with one attached hydrogen (secondary N) is 1. The van der Waals surface area contributed by atoms with Gasteiger partial charge in [-0.2, -0.15) is 5.10 Å². The van der Waals surface area contributed by atoms with E-state index in [-0.39, 0.29) is 23.8 Å². The van der Waals surface area contributed by atoms with Crippen molar-refractivity contribution in [3.63, 3.8) is 0 Å². The molecule has 0 radical (unpaired) electrons. The average molecular weight is 344 g/mol. The summed E-state index contributed by atoms with van der Waals surface area (Å²) < 4.78 is 10.4. The lowest BCUT2D eigenvalue weighted by molar-refractivity contribution is -0.120. The summed E-state index contributed by atoms with van der Waals surface area (Å²) in [5, 5.41) is 23.1. The summed E-state index contributed by atoms with van der Waals surface area (Å²) in [5.74, 6) is 0.650. The van der Waals surface area contributed by atoms with Crippen LogP contribution in [-0.2, 0) is 11.2 Å². The molecule has 0 spiro atoms. The van der Waals surface area contributed by atoms with Crippen molar-refractivity contribution in [3.8, 4) is 23.0 Å². The maximum atomic E-state index is 12.0. The third kappa shape index (κ3) is 4.63. The number of benzene rings is 2. The number of methoxy groups -OCH3 is 2. The van der Waals surface area contributed by atoms with Gasteiger partial charge in [-0.15, -0.1) is 0 Å². The summed E-state index contributed by atoms with van der Waals surface area (Å²) in [6.07, 6.45) is 0.110. The molecule has 7 nitrogen and oxygen atoms in total. The van der Waals surface area contributed by atoms with Gasteiger partial charge in [0.25, 0.3) is 0 Å². The van der Waals surface area contributed by atoms with Gasteiger partial charge in [0.2, 0.25) is 5.91 Å². The molecule has 0 aliphatic carbocycles. The Kier molecular flexibility index (Phi) is 5.84. The molecule has 0 saturated carbocycles. The summed E-state index contributed by atoms with van der Waals surface area (Å²) >= 11 is 0. The molecule has 1 amide bonds. The van der Waals surface area contributed by atoms with Crippen LogP contribution in [0.25, 0.3) is 0 Å². The first-order chi connectivity index (χ1) is 11.9. The van der Waals surface area contributed by atoms with E-state index < -0.39 is 0 Å². The zero-order valence-electron chi connectivity index (χ0n) is 14.2. The lowest BCUT2D eigenvalue weighted by atomic mass is 10.1. The van der Waals surface area contributed by atoms with Crippen LogP contribution in [0.4, 0.5) is 0 Å². The first-order valence-corrected chi connectivity index (χ1v) is 7.51. The Morgan fingerprint density at radius 1 is 1.08 bits per heavy atom. The molecule has 0 saturated heterocycles. The SMILES string of the molecule is COc1ccc(CC(=O)NN=C(C)c2ccc(O)cc2O)cc1OC. The van der Waals surface area contributed by atoms with Crippen molar-refractivity contribution in [3.05, 3.63) is 47.5 Å². The molecule has 7 heteroatoms. The monoisotopic (exact) mass is 344 g/mol. The van der Waals surface area contributed by atoms with Crippen LogP contribution in [0.3, 0.4) is 0 Å². The number of amides is 1. The predicted molar refractivity (Wildman–Crippen MR) is 93.4 cm³/mol. The third-order valence-corrected chi connectivity index (χ3v) is 3.53. The summed E-state index contributed by atoms with van der Waals surface area (Å²) in [6, 6.07) is 9.37. The van der Waals surface area contributed by atoms with E-state index in [1.165, 1.54) is 25.3 Å². The molecular formula is C18H20N2O5. The Morgan fingerprint density at radius 3 is 2.44 bits per heavy atom. The number of ether oxygens (including phenoxy) is 2. The fourth-order valence-corrected chi connectivity index (χ4v) is 2.25. The minimum atomic E-state index is -0.315. The lowest BCUT2D eigenvalue weighted by Gasteiger charge is -2.09. The van der Waals surface area contributed by atoms with E-state index in [2.05, 4.69) is 10.5 Å².